The summed E-state index contributed by atoms with van der Waals surface area (Å²) in [5.41, 5.74) is 0. The number of aliphatic hydroxyl groups excluding tert-OH is 1. The molecule has 1 saturated heterocycles. The van der Waals surface area contributed by atoms with Gasteiger partial charge in [-0.3, -0.25) is 4.79 Å². The Kier molecular flexibility index (Phi) is 7.28. The summed E-state index contributed by atoms with van der Waals surface area (Å²) in [6, 6.07) is 7.84. The zero-order valence-corrected chi connectivity index (χ0v) is 17.7. The number of amides is 1. The Labute approximate surface area is 179 Å². The molecular weight excluding hydrogens is 380 g/mol. The molecule has 1 aromatic carbocycles. The van der Waals surface area contributed by atoms with E-state index in [2.05, 4.69) is 11.4 Å². The molecule has 0 spiro atoms. The minimum atomic E-state index is -0.642. The quantitative estimate of drug-likeness (QED) is 0.701. The molecule has 6 nitrogen and oxygen atoms in total. The Morgan fingerprint density at radius 2 is 1.87 bits per heavy atom. The first kappa shape index (κ1) is 21.2. The van der Waals surface area contributed by atoms with Gasteiger partial charge in [0, 0.05) is 25.7 Å². The summed E-state index contributed by atoms with van der Waals surface area (Å²) in [5, 5.41) is 14.0. The van der Waals surface area contributed by atoms with Crippen LogP contribution in [0.15, 0.2) is 36.4 Å². The van der Waals surface area contributed by atoms with Crippen LogP contribution in [0.2, 0.25) is 0 Å². The van der Waals surface area contributed by atoms with Crippen molar-refractivity contribution in [2.45, 2.75) is 63.2 Å². The third-order valence-electron chi connectivity index (χ3n) is 6.54. The molecule has 2 unspecified atom stereocenters. The van der Waals surface area contributed by atoms with E-state index in [1.54, 1.807) is 6.08 Å². The van der Waals surface area contributed by atoms with Gasteiger partial charge in [0.25, 0.3) is 0 Å². The minimum absolute atomic E-state index is 0.144. The maximum atomic E-state index is 12.5. The van der Waals surface area contributed by atoms with E-state index >= 15 is 0 Å². The predicted octanol–water partition coefficient (Wildman–Crippen LogP) is 2.90. The normalized spacial score (nSPS) is 24.2. The van der Waals surface area contributed by atoms with E-state index in [4.69, 9.17) is 9.47 Å². The van der Waals surface area contributed by atoms with Crippen LogP contribution in [0.5, 0.6) is 11.5 Å². The molecule has 4 rings (SSSR count). The fourth-order valence-corrected chi connectivity index (χ4v) is 4.60. The smallest absolute Gasteiger partial charge is 0.246 e. The number of carbonyl (C=O) groups is 1. The van der Waals surface area contributed by atoms with Crippen LogP contribution in [0.3, 0.4) is 0 Å². The van der Waals surface area contributed by atoms with E-state index in [1.807, 2.05) is 29.2 Å². The number of fused-ring (bicyclic) bond motifs is 1. The first-order valence-electron chi connectivity index (χ1n) is 11.5. The van der Waals surface area contributed by atoms with Crippen LogP contribution in [0, 0.1) is 5.92 Å². The molecule has 2 fully saturated rings. The largest absolute Gasteiger partial charge is 0.486 e. The van der Waals surface area contributed by atoms with Crippen LogP contribution in [0.1, 0.15) is 44.9 Å². The lowest BCUT2D eigenvalue weighted by atomic mass is 9.89. The molecule has 1 amide bonds. The fourth-order valence-electron chi connectivity index (χ4n) is 4.60. The van der Waals surface area contributed by atoms with Crippen molar-refractivity contribution >= 4 is 5.91 Å². The summed E-state index contributed by atoms with van der Waals surface area (Å²) >= 11 is 0. The number of rotatable bonds is 6. The average Bonchev–Trinajstić information content (AvgIpc) is 2.81. The molecule has 0 bridgehead atoms. The molecule has 2 N–H and O–H groups in total. The van der Waals surface area contributed by atoms with Gasteiger partial charge in [0.2, 0.25) is 5.91 Å². The molecule has 2 aliphatic heterocycles. The summed E-state index contributed by atoms with van der Waals surface area (Å²) < 4.78 is 11.6. The Balaban J connectivity index is 1.16. The highest BCUT2D eigenvalue weighted by molar-refractivity contribution is 5.87. The zero-order chi connectivity index (χ0) is 20.8. The highest BCUT2D eigenvalue weighted by atomic mass is 16.6. The SMILES string of the molecule is O=C(/C=C/C1CCCCC1)N1CCC(NCC(O)C2COc3ccccc3O2)CC1. The lowest BCUT2D eigenvalue weighted by Gasteiger charge is -2.34. The van der Waals surface area contributed by atoms with E-state index < -0.39 is 6.10 Å². The van der Waals surface area contributed by atoms with E-state index in [9.17, 15) is 9.90 Å². The van der Waals surface area contributed by atoms with E-state index in [1.165, 1.54) is 32.1 Å². The number of likely N-dealkylation sites (tertiary alicyclic amines) is 1. The number of ether oxygens (including phenoxy) is 2. The number of nitrogens with one attached hydrogen (secondary N) is 1. The lowest BCUT2D eigenvalue weighted by Crippen LogP contribution is -2.50. The molecule has 1 saturated carbocycles. The Bertz CT molecular complexity index is 724. The van der Waals surface area contributed by atoms with Crippen molar-refractivity contribution in [2.24, 2.45) is 5.92 Å². The lowest BCUT2D eigenvalue weighted by molar-refractivity contribution is -0.127. The summed E-state index contributed by atoms with van der Waals surface area (Å²) in [4.78, 5) is 14.4. The Morgan fingerprint density at radius 3 is 2.63 bits per heavy atom. The number of hydrogen-bond acceptors (Lipinski definition) is 5. The van der Waals surface area contributed by atoms with Crippen molar-refractivity contribution in [2.75, 3.05) is 26.2 Å². The monoisotopic (exact) mass is 414 g/mol. The molecular formula is C24H34N2O4. The maximum absolute atomic E-state index is 12.5. The fraction of sp³-hybridized carbons (Fsp3) is 0.625. The number of nitrogens with zero attached hydrogens (tertiary/aromatic N) is 1. The van der Waals surface area contributed by atoms with E-state index in [0.717, 1.165) is 31.7 Å². The van der Waals surface area contributed by atoms with Crippen molar-refractivity contribution in [3.05, 3.63) is 36.4 Å². The third kappa shape index (κ3) is 5.55. The zero-order valence-electron chi connectivity index (χ0n) is 17.7. The molecule has 30 heavy (non-hydrogen) atoms. The van der Waals surface area contributed by atoms with Crippen molar-refractivity contribution < 1.29 is 19.4 Å². The second-order valence-corrected chi connectivity index (χ2v) is 8.75. The number of allylic oxidation sites excluding steroid dienone is 1. The summed E-state index contributed by atoms with van der Waals surface area (Å²) in [6.07, 6.45) is 11.1. The molecule has 2 heterocycles. The average molecular weight is 415 g/mol. The van der Waals surface area contributed by atoms with E-state index in [0.29, 0.717) is 30.9 Å². The van der Waals surface area contributed by atoms with Crippen molar-refractivity contribution in [3.63, 3.8) is 0 Å². The van der Waals surface area contributed by atoms with Crippen LogP contribution in [-0.2, 0) is 4.79 Å². The van der Waals surface area contributed by atoms with Gasteiger partial charge in [-0.25, -0.2) is 0 Å². The summed E-state index contributed by atoms with van der Waals surface area (Å²) in [6.45, 7) is 2.33. The maximum Gasteiger partial charge on any atom is 0.246 e. The van der Waals surface area contributed by atoms with Gasteiger partial charge < -0.3 is 24.8 Å². The number of hydrogen-bond donors (Lipinski definition) is 2. The molecule has 0 aromatic heterocycles. The van der Waals surface area contributed by atoms with Crippen LogP contribution >= 0.6 is 0 Å². The molecule has 3 aliphatic rings. The van der Waals surface area contributed by atoms with Crippen molar-refractivity contribution in [3.8, 4) is 11.5 Å². The topological polar surface area (TPSA) is 71.0 Å². The van der Waals surface area contributed by atoms with Crippen LogP contribution in [-0.4, -0.2) is 60.4 Å². The van der Waals surface area contributed by atoms with Gasteiger partial charge in [0.1, 0.15) is 12.7 Å². The first-order valence-corrected chi connectivity index (χ1v) is 11.5. The highest BCUT2D eigenvalue weighted by Crippen LogP contribution is 2.31. The molecule has 6 heteroatoms. The number of benzene rings is 1. The van der Waals surface area contributed by atoms with Crippen molar-refractivity contribution in [1.82, 2.24) is 10.2 Å². The van der Waals surface area contributed by atoms with Gasteiger partial charge >= 0.3 is 0 Å². The van der Waals surface area contributed by atoms with Crippen LogP contribution < -0.4 is 14.8 Å². The molecule has 1 aromatic rings. The molecule has 164 valence electrons. The van der Waals surface area contributed by atoms with Gasteiger partial charge in [0.05, 0.1) is 0 Å². The summed E-state index contributed by atoms with van der Waals surface area (Å²) in [7, 11) is 0. The highest BCUT2D eigenvalue weighted by Gasteiger charge is 2.29. The molecule has 2 atom stereocenters. The minimum Gasteiger partial charge on any atom is -0.486 e. The predicted molar refractivity (Wildman–Crippen MR) is 116 cm³/mol. The number of piperidine rings is 1. The second-order valence-electron chi connectivity index (χ2n) is 8.75. The van der Waals surface area contributed by atoms with Crippen molar-refractivity contribution in [1.29, 1.82) is 0 Å². The van der Waals surface area contributed by atoms with Gasteiger partial charge in [0.15, 0.2) is 17.6 Å². The number of carbonyl (C=O) groups excluding carboxylic acids is 1. The van der Waals surface area contributed by atoms with Gasteiger partial charge in [-0.2, -0.15) is 0 Å². The Hall–Kier alpha value is -2.05. The van der Waals surface area contributed by atoms with Gasteiger partial charge in [-0.15, -0.1) is 0 Å². The third-order valence-corrected chi connectivity index (χ3v) is 6.54. The standard InChI is InChI=1S/C24H34N2O4/c27-20(23-17-29-21-8-4-5-9-22(21)30-23)16-25-19-12-14-26(15-13-19)24(28)11-10-18-6-2-1-3-7-18/h4-5,8-11,18-20,23,25,27H,1-3,6-7,12-17H2/b11-10+. The first-order chi connectivity index (χ1) is 14.7. The number of aliphatic hydroxyl groups is 1. The molecule has 1 aliphatic carbocycles. The van der Waals surface area contributed by atoms with Crippen LogP contribution in [0.25, 0.3) is 0 Å². The van der Waals surface area contributed by atoms with Gasteiger partial charge in [-0.1, -0.05) is 37.5 Å². The van der Waals surface area contributed by atoms with E-state index in [-0.39, 0.29) is 12.0 Å². The Morgan fingerprint density at radius 1 is 1.13 bits per heavy atom. The number of para-hydroxylation sites is 2. The summed E-state index contributed by atoms with van der Waals surface area (Å²) in [5.74, 6) is 2.14. The second kappa shape index (κ2) is 10.3. The molecule has 0 radical (unpaired) electrons. The van der Waals surface area contributed by atoms with Gasteiger partial charge in [-0.05, 0) is 49.8 Å². The van der Waals surface area contributed by atoms with Crippen LogP contribution in [0.4, 0.5) is 0 Å².